The second-order valence-corrected chi connectivity index (χ2v) is 4.75. The molecule has 1 aromatic heterocycles. The van der Waals surface area contributed by atoms with Crippen molar-refractivity contribution < 1.29 is 19.7 Å². The third-order valence-electron chi connectivity index (χ3n) is 3.31. The normalized spacial score (nSPS) is 11.7. The van der Waals surface area contributed by atoms with E-state index in [1.807, 2.05) is 24.3 Å². The number of nitrogens with zero attached hydrogens (tertiary/aromatic N) is 1. The Morgan fingerprint density at radius 3 is 2.59 bits per heavy atom. The molecule has 0 amide bonds. The summed E-state index contributed by atoms with van der Waals surface area (Å²) < 4.78 is 5.10. The zero-order valence-corrected chi connectivity index (χ0v) is 12.2. The maximum absolute atomic E-state index is 10.9. The van der Waals surface area contributed by atoms with Gasteiger partial charge in [-0.25, -0.2) is 9.78 Å². The highest BCUT2D eigenvalue weighted by Gasteiger charge is 2.11. The minimum atomic E-state index is -1.07. The van der Waals surface area contributed by atoms with Gasteiger partial charge >= 0.3 is 5.97 Å². The van der Waals surface area contributed by atoms with Crippen molar-refractivity contribution in [2.45, 2.75) is 5.92 Å². The van der Waals surface area contributed by atoms with Crippen LogP contribution in [0.1, 0.15) is 22.0 Å². The molecule has 3 N–H and O–H groups in total. The number of aliphatic hydroxyl groups excluding tert-OH is 1. The summed E-state index contributed by atoms with van der Waals surface area (Å²) in [6.45, 7) is 0.414. The van der Waals surface area contributed by atoms with Gasteiger partial charge in [-0.05, 0) is 29.8 Å². The van der Waals surface area contributed by atoms with Crippen LogP contribution in [-0.4, -0.2) is 41.4 Å². The summed E-state index contributed by atoms with van der Waals surface area (Å²) in [7, 11) is 1.60. The van der Waals surface area contributed by atoms with E-state index in [-0.39, 0.29) is 18.2 Å². The fraction of sp³-hybridized carbons (Fsp3) is 0.250. The average Bonchev–Trinajstić information content (AvgIpc) is 2.56. The maximum atomic E-state index is 10.9. The number of hydrogen-bond acceptors (Lipinski definition) is 5. The Balaban J connectivity index is 2.04. The van der Waals surface area contributed by atoms with Crippen molar-refractivity contribution in [1.82, 2.24) is 4.98 Å². The Labute approximate surface area is 128 Å². The van der Waals surface area contributed by atoms with Crippen molar-refractivity contribution in [2.24, 2.45) is 0 Å². The molecule has 0 aliphatic carbocycles. The van der Waals surface area contributed by atoms with Crippen LogP contribution in [0.4, 0.5) is 5.82 Å². The van der Waals surface area contributed by atoms with E-state index in [1.54, 1.807) is 19.2 Å². The number of pyridine rings is 1. The highest BCUT2D eigenvalue weighted by molar-refractivity contribution is 5.85. The van der Waals surface area contributed by atoms with Crippen LogP contribution in [0.3, 0.4) is 0 Å². The van der Waals surface area contributed by atoms with Crippen molar-refractivity contribution in [3.8, 4) is 5.75 Å². The molecule has 0 spiro atoms. The molecule has 0 bridgehead atoms. The molecule has 6 heteroatoms. The van der Waals surface area contributed by atoms with E-state index in [0.29, 0.717) is 12.4 Å². The summed E-state index contributed by atoms with van der Waals surface area (Å²) in [5.41, 5.74) is 0.945. The SMILES string of the molecule is COc1ccc(C(CO)CNc2cccc(C(=O)O)n2)cc1. The smallest absolute Gasteiger partial charge is 0.354 e. The van der Waals surface area contributed by atoms with Gasteiger partial charge in [0.2, 0.25) is 0 Å². The Morgan fingerprint density at radius 1 is 1.27 bits per heavy atom. The fourth-order valence-electron chi connectivity index (χ4n) is 2.04. The predicted octanol–water partition coefficient (Wildman–Crippen LogP) is 1.98. The first-order chi connectivity index (χ1) is 10.6. The number of aromatic nitrogens is 1. The lowest BCUT2D eigenvalue weighted by molar-refractivity contribution is 0.0690. The van der Waals surface area contributed by atoms with Crippen molar-refractivity contribution in [3.05, 3.63) is 53.7 Å². The first kappa shape index (κ1) is 15.8. The highest BCUT2D eigenvalue weighted by atomic mass is 16.5. The van der Waals surface area contributed by atoms with Crippen LogP contribution < -0.4 is 10.1 Å². The zero-order valence-electron chi connectivity index (χ0n) is 12.2. The number of methoxy groups -OCH3 is 1. The number of anilines is 1. The quantitative estimate of drug-likeness (QED) is 0.724. The first-order valence-corrected chi connectivity index (χ1v) is 6.83. The lowest BCUT2D eigenvalue weighted by Crippen LogP contribution is -2.17. The van der Waals surface area contributed by atoms with Gasteiger partial charge in [0, 0.05) is 12.5 Å². The average molecular weight is 302 g/mol. The zero-order chi connectivity index (χ0) is 15.9. The van der Waals surface area contributed by atoms with E-state index in [0.717, 1.165) is 11.3 Å². The standard InChI is InChI=1S/C16H18N2O4/c1-22-13-7-5-11(6-8-13)12(10-19)9-17-15-4-2-3-14(18-15)16(20)21/h2-8,12,19H,9-10H2,1H3,(H,17,18)(H,20,21). The molecular formula is C16H18N2O4. The summed E-state index contributed by atoms with van der Waals surface area (Å²) in [5.74, 6) is 0.0230. The summed E-state index contributed by atoms with van der Waals surface area (Å²) in [6.07, 6.45) is 0. The highest BCUT2D eigenvalue weighted by Crippen LogP contribution is 2.20. The molecule has 1 unspecified atom stereocenters. The molecule has 0 radical (unpaired) electrons. The lowest BCUT2D eigenvalue weighted by atomic mass is 10.00. The number of nitrogens with one attached hydrogen (secondary N) is 1. The Bertz CT molecular complexity index is 628. The van der Waals surface area contributed by atoms with E-state index < -0.39 is 5.97 Å². The second-order valence-electron chi connectivity index (χ2n) is 4.75. The van der Waals surface area contributed by atoms with Crippen LogP contribution >= 0.6 is 0 Å². The van der Waals surface area contributed by atoms with Gasteiger partial charge in [0.25, 0.3) is 0 Å². The molecule has 2 aromatic rings. The number of ether oxygens (including phenoxy) is 1. The molecule has 1 aromatic carbocycles. The molecule has 0 fully saturated rings. The molecule has 0 aliphatic rings. The van der Waals surface area contributed by atoms with Gasteiger partial charge in [0.15, 0.2) is 5.69 Å². The van der Waals surface area contributed by atoms with Crippen LogP contribution in [0.15, 0.2) is 42.5 Å². The van der Waals surface area contributed by atoms with Gasteiger partial charge in [-0.15, -0.1) is 0 Å². The van der Waals surface area contributed by atoms with Gasteiger partial charge in [0.1, 0.15) is 11.6 Å². The summed E-state index contributed by atoms with van der Waals surface area (Å²) in [4.78, 5) is 14.9. The van der Waals surface area contributed by atoms with Gasteiger partial charge < -0.3 is 20.3 Å². The summed E-state index contributed by atoms with van der Waals surface area (Å²) >= 11 is 0. The number of aliphatic hydroxyl groups is 1. The van der Waals surface area contributed by atoms with Crippen molar-refractivity contribution in [1.29, 1.82) is 0 Å². The number of rotatable bonds is 7. The van der Waals surface area contributed by atoms with Crippen LogP contribution in [0, 0.1) is 0 Å². The molecule has 1 heterocycles. The van der Waals surface area contributed by atoms with Crippen molar-refractivity contribution in [3.63, 3.8) is 0 Å². The third kappa shape index (κ3) is 3.95. The molecule has 0 saturated heterocycles. The number of carboxylic acid groups (broad SMARTS) is 1. The van der Waals surface area contributed by atoms with E-state index in [9.17, 15) is 9.90 Å². The number of carboxylic acids is 1. The van der Waals surface area contributed by atoms with Gasteiger partial charge in [-0.3, -0.25) is 0 Å². The Hall–Kier alpha value is -2.60. The number of benzene rings is 1. The predicted molar refractivity (Wildman–Crippen MR) is 82.5 cm³/mol. The molecule has 6 nitrogen and oxygen atoms in total. The Morgan fingerprint density at radius 2 is 2.00 bits per heavy atom. The lowest BCUT2D eigenvalue weighted by Gasteiger charge is -2.16. The largest absolute Gasteiger partial charge is 0.497 e. The second kappa shape index (κ2) is 7.42. The maximum Gasteiger partial charge on any atom is 0.354 e. The molecule has 2 rings (SSSR count). The van der Waals surface area contributed by atoms with Gasteiger partial charge in [-0.1, -0.05) is 18.2 Å². The molecule has 0 saturated carbocycles. The van der Waals surface area contributed by atoms with E-state index in [4.69, 9.17) is 9.84 Å². The van der Waals surface area contributed by atoms with Crippen LogP contribution in [-0.2, 0) is 0 Å². The summed E-state index contributed by atoms with van der Waals surface area (Å²) in [5, 5.41) is 21.5. The number of hydrogen-bond donors (Lipinski definition) is 3. The van der Waals surface area contributed by atoms with Gasteiger partial charge in [0.05, 0.1) is 13.7 Å². The molecule has 0 aliphatic heterocycles. The van der Waals surface area contributed by atoms with Crippen molar-refractivity contribution >= 4 is 11.8 Å². The first-order valence-electron chi connectivity index (χ1n) is 6.83. The number of carbonyl (C=O) groups is 1. The topological polar surface area (TPSA) is 91.7 Å². The third-order valence-corrected chi connectivity index (χ3v) is 3.31. The van der Waals surface area contributed by atoms with Crippen molar-refractivity contribution in [2.75, 3.05) is 25.6 Å². The Kier molecular flexibility index (Phi) is 5.32. The van der Waals surface area contributed by atoms with E-state index in [2.05, 4.69) is 10.3 Å². The van der Waals surface area contributed by atoms with Crippen LogP contribution in [0.2, 0.25) is 0 Å². The minimum Gasteiger partial charge on any atom is -0.497 e. The number of aromatic carboxylic acids is 1. The monoisotopic (exact) mass is 302 g/mol. The van der Waals surface area contributed by atoms with Crippen LogP contribution in [0.5, 0.6) is 5.75 Å². The van der Waals surface area contributed by atoms with E-state index >= 15 is 0 Å². The fourth-order valence-corrected chi connectivity index (χ4v) is 2.04. The van der Waals surface area contributed by atoms with E-state index in [1.165, 1.54) is 6.07 Å². The molecule has 116 valence electrons. The minimum absolute atomic E-state index is 0.0185. The molecule has 1 atom stereocenters. The molecule has 22 heavy (non-hydrogen) atoms. The van der Waals surface area contributed by atoms with Crippen LogP contribution in [0.25, 0.3) is 0 Å². The molecular weight excluding hydrogens is 284 g/mol. The van der Waals surface area contributed by atoms with Gasteiger partial charge in [-0.2, -0.15) is 0 Å². The summed E-state index contributed by atoms with van der Waals surface area (Å²) in [6, 6.07) is 12.2.